The standard InChI is InChI=1S/C15H16N4/c1-11-5-4-6-13(7-11)10-19(3)15-17-12(2)8-14(9-16)18-15/h4-8H,10H2,1-3H3. The lowest BCUT2D eigenvalue weighted by Crippen LogP contribution is -2.19. The number of aryl methyl sites for hydroxylation is 2. The number of nitrogens with zero attached hydrogens (tertiary/aromatic N) is 4. The number of hydrogen-bond donors (Lipinski definition) is 0. The van der Waals surface area contributed by atoms with Crippen molar-refractivity contribution in [2.75, 3.05) is 11.9 Å². The number of benzene rings is 1. The second kappa shape index (κ2) is 5.49. The first-order chi connectivity index (χ1) is 9.08. The van der Waals surface area contributed by atoms with Gasteiger partial charge in [0.05, 0.1) is 0 Å². The van der Waals surface area contributed by atoms with E-state index in [2.05, 4.69) is 41.2 Å². The molecule has 0 radical (unpaired) electrons. The van der Waals surface area contributed by atoms with Crippen LogP contribution in [-0.2, 0) is 6.54 Å². The summed E-state index contributed by atoms with van der Waals surface area (Å²) in [7, 11) is 1.93. The summed E-state index contributed by atoms with van der Waals surface area (Å²) in [5.41, 5.74) is 3.64. The Morgan fingerprint density at radius 1 is 1.21 bits per heavy atom. The van der Waals surface area contributed by atoms with E-state index in [1.807, 2.05) is 24.9 Å². The van der Waals surface area contributed by atoms with Crippen LogP contribution in [-0.4, -0.2) is 17.0 Å². The molecule has 2 aromatic rings. The highest BCUT2D eigenvalue weighted by Crippen LogP contribution is 2.13. The number of hydrogen-bond acceptors (Lipinski definition) is 4. The fraction of sp³-hybridized carbons (Fsp3) is 0.267. The first kappa shape index (κ1) is 13.0. The summed E-state index contributed by atoms with van der Waals surface area (Å²) < 4.78 is 0. The Balaban J connectivity index is 2.23. The van der Waals surface area contributed by atoms with Crippen molar-refractivity contribution < 1.29 is 0 Å². The third kappa shape index (κ3) is 3.29. The van der Waals surface area contributed by atoms with E-state index in [9.17, 15) is 0 Å². The summed E-state index contributed by atoms with van der Waals surface area (Å²) in [4.78, 5) is 10.5. The van der Waals surface area contributed by atoms with E-state index in [4.69, 9.17) is 5.26 Å². The average molecular weight is 252 g/mol. The van der Waals surface area contributed by atoms with Crippen LogP contribution in [0.1, 0.15) is 22.5 Å². The maximum atomic E-state index is 8.94. The molecule has 0 aliphatic carbocycles. The normalized spacial score (nSPS) is 10.0. The molecule has 0 aliphatic rings. The van der Waals surface area contributed by atoms with Gasteiger partial charge in [0.15, 0.2) is 0 Å². The Morgan fingerprint density at radius 2 is 2.00 bits per heavy atom. The first-order valence-corrected chi connectivity index (χ1v) is 6.11. The minimum absolute atomic E-state index is 0.401. The Kier molecular flexibility index (Phi) is 3.76. The van der Waals surface area contributed by atoms with Crippen molar-refractivity contribution in [1.82, 2.24) is 9.97 Å². The predicted octanol–water partition coefficient (Wildman–Crippen LogP) is 2.60. The predicted molar refractivity (Wildman–Crippen MR) is 74.8 cm³/mol. The molecule has 1 aromatic carbocycles. The van der Waals surface area contributed by atoms with E-state index in [1.165, 1.54) is 11.1 Å². The smallest absolute Gasteiger partial charge is 0.226 e. The third-order valence-electron chi connectivity index (χ3n) is 2.80. The van der Waals surface area contributed by atoms with Gasteiger partial charge in [-0.25, -0.2) is 9.97 Å². The van der Waals surface area contributed by atoms with Crippen molar-refractivity contribution >= 4 is 5.95 Å². The average Bonchev–Trinajstić information content (AvgIpc) is 2.38. The number of anilines is 1. The number of rotatable bonds is 3. The summed E-state index contributed by atoms with van der Waals surface area (Å²) in [5, 5.41) is 8.94. The Bertz CT molecular complexity index is 628. The molecule has 0 aliphatic heterocycles. The molecule has 0 amide bonds. The van der Waals surface area contributed by atoms with Crippen LogP contribution >= 0.6 is 0 Å². The lowest BCUT2D eigenvalue weighted by Gasteiger charge is -2.17. The molecule has 19 heavy (non-hydrogen) atoms. The highest BCUT2D eigenvalue weighted by Gasteiger charge is 2.08. The molecule has 96 valence electrons. The molecule has 0 saturated heterocycles. The quantitative estimate of drug-likeness (QED) is 0.842. The third-order valence-corrected chi connectivity index (χ3v) is 2.80. The minimum atomic E-state index is 0.401. The molecule has 0 fully saturated rings. The molecule has 0 saturated carbocycles. The van der Waals surface area contributed by atoms with Gasteiger partial charge in [0, 0.05) is 19.3 Å². The number of nitriles is 1. The molecule has 0 atom stereocenters. The van der Waals surface area contributed by atoms with Crippen molar-refractivity contribution in [3.8, 4) is 6.07 Å². The Labute approximate surface area is 113 Å². The van der Waals surface area contributed by atoms with Crippen LogP contribution in [0.2, 0.25) is 0 Å². The van der Waals surface area contributed by atoms with E-state index < -0.39 is 0 Å². The van der Waals surface area contributed by atoms with Gasteiger partial charge in [-0.2, -0.15) is 5.26 Å². The molecule has 0 spiro atoms. The largest absolute Gasteiger partial charge is 0.340 e. The molecule has 0 N–H and O–H groups in total. The SMILES string of the molecule is Cc1cccc(CN(C)c2nc(C)cc(C#N)n2)c1. The van der Waals surface area contributed by atoms with Crippen LogP contribution in [0.3, 0.4) is 0 Å². The Hall–Kier alpha value is -2.41. The second-order valence-corrected chi connectivity index (χ2v) is 4.65. The van der Waals surface area contributed by atoms with Gasteiger partial charge < -0.3 is 4.90 Å². The highest BCUT2D eigenvalue weighted by molar-refractivity contribution is 5.36. The van der Waals surface area contributed by atoms with Crippen LogP contribution in [0, 0.1) is 25.2 Å². The van der Waals surface area contributed by atoms with E-state index in [0.29, 0.717) is 11.6 Å². The molecule has 0 bridgehead atoms. The fourth-order valence-corrected chi connectivity index (χ4v) is 1.94. The lowest BCUT2D eigenvalue weighted by molar-refractivity contribution is 0.855. The van der Waals surface area contributed by atoms with Crippen molar-refractivity contribution in [1.29, 1.82) is 5.26 Å². The number of aromatic nitrogens is 2. The molecular formula is C15H16N4. The zero-order valence-electron chi connectivity index (χ0n) is 11.4. The maximum absolute atomic E-state index is 8.94. The zero-order chi connectivity index (χ0) is 13.8. The lowest BCUT2D eigenvalue weighted by atomic mass is 10.1. The summed E-state index contributed by atoms with van der Waals surface area (Å²) in [6.07, 6.45) is 0. The van der Waals surface area contributed by atoms with Gasteiger partial charge >= 0.3 is 0 Å². The molecule has 1 heterocycles. The summed E-state index contributed by atoms with van der Waals surface area (Å²) in [5.74, 6) is 0.582. The summed E-state index contributed by atoms with van der Waals surface area (Å²) in [6.45, 7) is 4.66. The van der Waals surface area contributed by atoms with Gasteiger partial charge in [-0.15, -0.1) is 0 Å². The zero-order valence-corrected chi connectivity index (χ0v) is 11.4. The van der Waals surface area contributed by atoms with Gasteiger partial charge in [0.25, 0.3) is 0 Å². The van der Waals surface area contributed by atoms with Crippen molar-refractivity contribution in [3.63, 3.8) is 0 Å². The first-order valence-electron chi connectivity index (χ1n) is 6.11. The maximum Gasteiger partial charge on any atom is 0.226 e. The van der Waals surface area contributed by atoms with Crippen molar-refractivity contribution in [2.24, 2.45) is 0 Å². The van der Waals surface area contributed by atoms with Crippen LogP contribution in [0.25, 0.3) is 0 Å². The van der Waals surface area contributed by atoms with Gasteiger partial charge in [-0.3, -0.25) is 0 Å². The van der Waals surface area contributed by atoms with E-state index in [-0.39, 0.29) is 0 Å². The summed E-state index contributed by atoms with van der Waals surface area (Å²) >= 11 is 0. The van der Waals surface area contributed by atoms with Crippen molar-refractivity contribution in [3.05, 3.63) is 52.8 Å². The van der Waals surface area contributed by atoms with Crippen LogP contribution in [0.15, 0.2) is 30.3 Å². The van der Waals surface area contributed by atoms with Crippen LogP contribution in [0.5, 0.6) is 0 Å². The molecule has 4 heteroatoms. The van der Waals surface area contributed by atoms with Gasteiger partial charge in [-0.1, -0.05) is 29.8 Å². The van der Waals surface area contributed by atoms with Crippen LogP contribution < -0.4 is 4.90 Å². The monoisotopic (exact) mass is 252 g/mol. The van der Waals surface area contributed by atoms with Gasteiger partial charge in [0.2, 0.25) is 5.95 Å². The molecule has 2 rings (SSSR count). The summed E-state index contributed by atoms with van der Waals surface area (Å²) in [6, 6.07) is 12.1. The minimum Gasteiger partial charge on any atom is -0.340 e. The van der Waals surface area contributed by atoms with E-state index in [0.717, 1.165) is 12.2 Å². The highest BCUT2D eigenvalue weighted by atomic mass is 15.2. The molecular weight excluding hydrogens is 236 g/mol. The van der Waals surface area contributed by atoms with E-state index in [1.54, 1.807) is 6.07 Å². The Morgan fingerprint density at radius 3 is 2.68 bits per heavy atom. The van der Waals surface area contributed by atoms with E-state index >= 15 is 0 Å². The van der Waals surface area contributed by atoms with Crippen LogP contribution in [0.4, 0.5) is 5.95 Å². The fourth-order valence-electron chi connectivity index (χ4n) is 1.94. The van der Waals surface area contributed by atoms with Gasteiger partial charge in [0.1, 0.15) is 11.8 Å². The topological polar surface area (TPSA) is 52.8 Å². The second-order valence-electron chi connectivity index (χ2n) is 4.65. The molecule has 0 unspecified atom stereocenters. The molecule has 4 nitrogen and oxygen atoms in total. The molecule has 1 aromatic heterocycles. The van der Waals surface area contributed by atoms with Gasteiger partial charge in [-0.05, 0) is 25.5 Å². The van der Waals surface area contributed by atoms with Crippen molar-refractivity contribution in [2.45, 2.75) is 20.4 Å².